The van der Waals surface area contributed by atoms with Crippen molar-refractivity contribution in [3.05, 3.63) is 35.4 Å². The predicted molar refractivity (Wildman–Crippen MR) is 46.7 cm³/mol. The van der Waals surface area contributed by atoms with Crippen LogP contribution in [-0.2, 0) is 6.42 Å². The first-order valence-corrected chi connectivity index (χ1v) is 4.13. The molecule has 0 amide bonds. The van der Waals surface area contributed by atoms with E-state index in [9.17, 15) is 0 Å². The number of rotatable bonds is 2. The van der Waals surface area contributed by atoms with Crippen molar-refractivity contribution >= 4 is 0 Å². The SMILES string of the molecule is Cc1ccc(CC2CN2)cc1. The Morgan fingerprint density at radius 2 is 2.00 bits per heavy atom. The lowest BCUT2D eigenvalue weighted by atomic mass is 10.1. The van der Waals surface area contributed by atoms with Crippen LogP contribution in [0.3, 0.4) is 0 Å². The van der Waals surface area contributed by atoms with E-state index in [0.29, 0.717) is 0 Å². The van der Waals surface area contributed by atoms with Crippen LogP contribution in [-0.4, -0.2) is 12.6 Å². The molecule has 1 aromatic carbocycles. The minimum atomic E-state index is 0.762. The van der Waals surface area contributed by atoms with Gasteiger partial charge in [0.25, 0.3) is 0 Å². The molecule has 1 nitrogen and oxygen atoms in total. The molecule has 1 N–H and O–H groups in total. The minimum absolute atomic E-state index is 0.762. The van der Waals surface area contributed by atoms with Crippen molar-refractivity contribution in [3.63, 3.8) is 0 Å². The van der Waals surface area contributed by atoms with E-state index in [2.05, 4.69) is 36.5 Å². The van der Waals surface area contributed by atoms with E-state index in [4.69, 9.17) is 0 Å². The molecule has 1 aliphatic heterocycles. The van der Waals surface area contributed by atoms with Crippen molar-refractivity contribution in [1.82, 2.24) is 5.32 Å². The first-order chi connectivity index (χ1) is 5.34. The van der Waals surface area contributed by atoms with E-state index in [1.165, 1.54) is 24.1 Å². The molecular formula is C10H13N. The Morgan fingerprint density at radius 3 is 2.55 bits per heavy atom. The molecule has 1 heteroatoms. The van der Waals surface area contributed by atoms with Gasteiger partial charge in [0.2, 0.25) is 0 Å². The number of hydrogen-bond acceptors (Lipinski definition) is 1. The van der Waals surface area contributed by atoms with E-state index in [0.717, 1.165) is 6.04 Å². The van der Waals surface area contributed by atoms with Crippen LogP contribution in [0.15, 0.2) is 24.3 Å². The van der Waals surface area contributed by atoms with Gasteiger partial charge in [0, 0.05) is 12.6 Å². The molecule has 1 fully saturated rings. The van der Waals surface area contributed by atoms with Crippen LogP contribution in [0.1, 0.15) is 11.1 Å². The molecule has 0 bridgehead atoms. The molecular weight excluding hydrogens is 134 g/mol. The Balaban J connectivity index is 2.06. The maximum Gasteiger partial charge on any atom is 0.0233 e. The van der Waals surface area contributed by atoms with Crippen LogP contribution >= 0.6 is 0 Å². The highest BCUT2D eigenvalue weighted by Gasteiger charge is 2.19. The Labute approximate surface area is 67.4 Å². The van der Waals surface area contributed by atoms with Gasteiger partial charge in [-0.05, 0) is 18.9 Å². The van der Waals surface area contributed by atoms with Gasteiger partial charge in [-0.25, -0.2) is 0 Å². The molecule has 1 unspecified atom stereocenters. The first-order valence-electron chi connectivity index (χ1n) is 4.13. The van der Waals surface area contributed by atoms with E-state index in [1.807, 2.05) is 0 Å². The lowest BCUT2D eigenvalue weighted by Crippen LogP contribution is -1.95. The maximum atomic E-state index is 3.30. The summed E-state index contributed by atoms with van der Waals surface area (Å²) in [5.74, 6) is 0. The third-order valence-corrected chi connectivity index (χ3v) is 2.10. The maximum absolute atomic E-state index is 3.30. The second kappa shape index (κ2) is 2.67. The van der Waals surface area contributed by atoms with Crippen LogP contribution in [0.4, 0.5) is 0 Å². The van der Waals surface area contributed by atoms with Crippen molar-refractivity contribution in [3.8, 4) is 0 Å². The van der Waals surface area contributed by atoms with Crippen molar-refractivity contribution < 1.29 is 0 Å². The van der Waals surface area contributed by atoms with Gasteiger partial charge in [-0.1, -0.05) is 29.8 Å². The Kier molecular flexibility index (Phi) is 1.66. The van der Waals surface area contributed by atoms with Crippen molar-refractivity contribution in [1.29, 1.82) is 0 Å². The summed E-state index contributed by atoms with van der Waals surface area (Å²) in [6, 6.07) is 9.55. The van der Waals surface area contributed by atoms with Gasteiger partial charge in [-0.2, -0.15) is 0 Å². The zero-order valence-corrected chi connectivity index (χ0v) is 6.80. The molecule has 1 aromatic rings. The van der Waals surface area contributed by atoms with Gasteiger partial charge in [0.1, 0.15) is 0 Å². The van der Waals surface area contributed by atoms with Gasteiger partial charge in [0.15, 0.2) is 0 Å². The topological polar surface area (TPSA) is 21.9 Å². The van der Waals surface area contributed by atoms with Crippen LogP contribution in [0, 0.1) is 6.92 Å². The average Bonchev–Trinajstić information content (AvgIpc) is 2.78. The van der Waals surface area contributed by atoms with Crippen molar-refractivity contribution in [2.24, 2.45) is 0 Å². The summed E-state index contributed by atoms with van der Waals surface area (Å²) in [4.78, 5) is 0. The smallest absolute Gasteiger partial charge is 0.0233 e. The number of benzene rings is 1. The third-order valence-electron chi connectivity index (χ3n) is 2.10. The van der Waals surface area contributed by atoms with E-state index >= 15 is 0 Å². The van der Waals surface area contributed by atoms with Gasteiger partial charge in [0.05, 0.1) is 0 Å². The Morgan fingerprint density at radius 1 is 1.36 bits per heavy atom. The van der Waals surface area contributed by atoms with Gasteiger partial charge < -0.3 is 5.32 Å². The molecule has 0 spiro atoms. The van der Waals surface area contributed by atoms with Crippen LogP contribution in [0.25, 0.3) is 0 Å². The Bertz CT molecular complexity index is 234. The fourth-order valence-electron chi connectivity index (χ4n) is 1.24. The highest BCUT2D eigenvalue weighted by atomic mass is 15.1. The lowest BCUT2D eigenvalue weighted by molar-refractivity contribution is 0.929. The molecule has 1 atom stereocenters. The quantitative estimate of drug-likeness (QED) is 0.629. The van der Waals surface area contributed by atoms with Crippen molar-refractivity contribution in [2.75, 3.05) is 6.54 Å². The standard InChI is InChI=1S/C10H13N/c1-8-2-4-9(5-3-8)6-10-7-11-10/h2-5,10-11H,6-7H2,1H3. The minimum Gasteiger partial charge on any atom is -0.311 e. The molecule has 58 valence electrons. The van der Waals surface area contributed by atoms with Crippen LogP contribution in [0.2, 0.25) is 0 Å². The summed E-state index contributed by atoms with van der Waals surface area (Å²) in [7, 11) is 0. The Hall–Kier alpha value is -0.820. The normalized spacial score (nSPS) is 21.7. The van der Waals surface area contributed by atoms with Crippen LogP contribution < -0.4 is 5.32 Å². The fourth-order valence-corrected chi connectivity index (χ4v) is 1.24. The third kappa shape index (κ3) is 1.81. The monoisotopic (exact) mass is 147 g/mol. The molecule has 2 rings (SSSR count). The average molecular weight is 147 g/mol. The largest absolute Gasteiger partial charge is 0.311 e. The number of hydrogen-bond donors (Lipinski definition) is 1. The fraction of sp³-hybridized carbons (Fsp3) is 0.400. The summed E-state index contributed by atoms with van der Waals surface area (Å²) in [5.41, 5.74) is 2.79. The van der Waals surface area contributed by atoms with Crippen molar-refractivity contribution in [2.45, 2.75) is 19.4 Å². The van der Waals surface area contributed by atoms with Gasteiger partial charge in [-0.3, -0.25) is 0 Å². The summed E-state index contributed by atoms with van der Waals surface area (Å²) >= 11 is 0. The zero-order valence-electron chi connectivity index (χ0n) is 6.80. The van der Waals surface area contributed by atoms with Gasteiger partial charge >= 0.3 is 0 Å². The number of aryl methyl sites for hydroxylation is 1. The van der Waals surface area contributed by atoms with E-state index < -0.39 is 0 Å². The summed E-state index contributed by atoms with van der Waals surface area (Å²) in [5, 5.41) is 3.30. The molecule has 0 aromatic heterocycles. The number of nitrogens with one attached hydrogen (secondary N) is 1. The van der Waals surface area contributed by atoms with Crippen LogP contribution in [0.5, 0.6) is 0 Å². The molecule has 1 saturated heterocycles. The highest BCUT2D eigenvalue weighted by molar-refractivity contribution is 5.22. The summed E-state index contributed by atoms with van der Waals surface area (Å²) in [6.07, 6.45) is 1.19. The molecule has 1 aliphatic rings. The highest BCUT2D eigenvalue weighted by Crippen LogP contribution is 2.09. The lowest BCUT2D eigenvalue weighted by Gasteiger charge is -1.97. The summed E-state index contributed by atoms with van der Waals surface area (Å²) in [6.45, 7) is 3.33. The molecule has 11 heavy (non-hydrogen) atoms. The summed E-state index contributed by atoms with van der Waals surface area (Å²) < 4.78 is 0. The molecule has 0 aliphatic carbocycles. The molecule has 0 saturated carbocycles. The zero-order chi connectivity index (χ0) is 7.68. The van der Waals surface area contributed by atoms with E-state index in [1.54, 1.807) is 0 Å². The van der Waals surface area contributed by atoms with Gasteiger partial charge in [-0.15, -0.1) is 0 Å². The first kappa shape index (κ1) is 6.86. The second-order valence-electron chi connectivity index (χ2n) is 3.29. The molecule has 1 heterocycles. The molecule has 0 radical (unpaired) electrons. The van der Waals surface area contributed by atoms with E-state index in [-0.39, 0.29) is 0 Å². The second-order valence-corrected chi connectivity index (χ2v) is 3.29. The predicted octanol–water partition coefficient (Wildman–Crippen LogP) is 1.51.